The molecule has 0 aliphatic rings. The molecule has 0 aliphatic carbocycles. The van der Waals surface area contributed by atoms with E-state index in [9.17, 15) is 4.79 Å². The number of aromatic nitrogens is 2. The Hall–Kier alpha value is -2.21. The van der Waals surface area contributed by atoms with Crippen molar-refractivity contribution in [2.24, 2.45) is 0 Å². The third-order valence-electron chi connectivity index (χ3n) is 3.64. The molecule has 2 amide bonds. The molecule has 1 aromatic heterocycles. The lowest BCUT2D eigenvalue weighted by atomic mass is 10.2. The van der Waals surface area contributed by atoms with Gasteiger partial charge in [0.15, 0.2) is 5.82 Å². The van der Waals surface area contributed by atoms with Crippen molar-refractivity contribution in [3.63, 3.8) is 0 Å². The van der Waals surface area contributed by atoms with Gasteiger partial charge >= 0.3 is 6.03 Å². The van der Waals surface area contributed by atoms with Crippen LogP contribution in [0.15, 0.2) is 48.5 Å². The lowest BCUT2D eigenvalue weighted by Crippen LogP contribution is -2.19. The highest BCUT2D eigenvalue weighted by Gasteiger charge is 2.09. The maximum absolute atomic E-state index is 12.1. The maximum atomic E-state index is 12.1. The molecular weight excluding hydrogens is 395 g/mol. The van der Waals surface area contributed by atoms with Crippen LogP contribution >= 0.6 is 34.8 Å². The van der Waals surface area contributed by atoms with Gasteiger partial charge in [0, 0.05) is 22.5 Å². The number of carbonyl (C=O) groups is 1. The van der Waals surface area contributed by atoms with E-state index in [2.05, 4.69) is 15.7 Å². The van der Waals surface area contributed by atoms with Crippen molar-refractivity contribution in [1.82, 2.24) is 9.78 Å². The normalized spacial score (nSPS) is 10.6. The molecule has 0 unspecified atom stereocenters. The van der Waals surface area contributed by atoms with Crippen LogP contribution in [0.25, 0.3) is 0 Å². The van der Waals surface area contributed by atoms with Crippen molar-refractivity contribution >= 4 is 52.3 Å². The predicted octanol–water partition coefficient (Wildman–Crippen LogP) is 5.84. The van der Waals surface area contributed by atoms with E-state index in [0.717, 1.165) is 11.3 Å². The number of halogens is 3. The van der Waals surface area contributed by atoms with Crippen LogP contribution in [0.1, 0.15) is 11.3 Å². The van der Waals surface area contributed by atoms with Crippen molar-refractivity contribution in [2.75, 3.05) is 10.6 Å². The summed E-state index contributed by atoms with van der Waals surface area (Å²) in [4.78, 5) is 12.1. The van der Waals surface area contributed by atoms with E-state index in [1.165, 1.54) is 0 Å². The van der Waals surface area contributed by atoms with E-state index in [0.29, 0.717) is 33.1 Å². The topological polar surface area (TPSA) is 59.0 Å². The summed E-state index contributed by atoms with van der Waals surface area (Å²) in [7, 11) is 0. The van der Waals surface area contributed by atoms with Crippen molar-refractivity contribution in [1.29, 1.82) is 0 Å². The number of nitrogens with one attached hydrogen (secondary N) is 2. The van der Waals surface area contributed by atoms with Gasteiger partial charge in [-0.15, -0.1) is 0 Å². The first-order valence-corrected chi connectivity index (χ1v) is 8.86. The third-order valence-corrected chi connectivity index (χ3v) is 4.63. The maximum Gasteiger partial charge on any atom is 0.324 e. The summed E-state index contributed by atoms with van der Waals surface area (Å²) < 4.78 is 1.78. The molecule has 0 atom stereocenters. The molecule has 0 spiro atoms. The molecule has 134 valence electrons. The molecular formula is C18H15Cl3N4O. The first-order chi connectivity index (χ1) is 12.4. The predicted molar refractivity (Wildman–Crippen MR) is 107 cm³/mol. The molecule has 3 aromatic rings. The fourth-order valence-electron chi connectivity index (χ4n) is 2.35. The number of nitrogens with zero attached hydrogens (tertiary/aromatic N) is 2. The second-order valence-corrected chi connectivity index (χ2v) is 6.91. The Bertz CT molecular complexity index is 938. The van der Waals surface area contributed by atoms with Crippen LogP contribution in [0, 0.1) is 6.92 Å². The van der Waals surface area contributed by atoms with E-state index >= 15 is 0 Å². The number of rotatable bonds is 4. The van der Waals surface area contributed by atoms with E-state index in [4.69, 9.17) is 34.8 Å². The van der Waals surface area contributed by atoms with Gasteiger partial charge in [-0.3, -0.25) is 10.00 Å². The molecule has 3 rings (SSSR count). The van der Waals surface area contributed by atoms with Crippen molar-refractivity contribution in [2.45, 2.75) is 13.5 Å². The van der Waals surface area contributed by atoms with Gasteiger partial charge in [0.25, 0.3) is 0 Å². The monoisotopic (exact) mass is 408 g/mol. The van der Waals surface area contributed by atoms with Crippen LogP contribution < -0.4 is 10.6 Å². The van der Waals surface area contributed by atoms with Gasteiger partial charge in [0.2, 0.25) is 0 Å². The zero-order valence-electron chi connectivity index (χ0n) is 13.8. The van der Waals surface area contributed by atoms with Gasteiger partial charge < -0.3 is 5.32 Å². The second kappa shape index (κ2) is 7.99. The zero-order chi connectivity index (χ0) is 18.7. The highest BCUT2D eigenvalue weighted by atomic mass is 35.5. The summed E-state index contributed by atoms with van der Waals surface area (Å²) in [6.45, 7) is 2.43. The van der Waals surface area contributed by atoms with E-state index in [1.54, 1.807) is 47.1 Å². The van der Waals surface area contributed by atoms with Crippen LogP contribution in [0.2, 0.25) is 15.1 Å². The number of hydrogen-bond donors (Lipinski definition) is 2. The minimum atomic E-state index is -0.383. The fraction of sp³-hybridized carbons (Fsp3) is 0.111. The van der Waals surface area contributed by atoms with Crippen LogP contribution in [0.3, 0.4) is 0 Å². The third kappa shape index (κ3) is 4.69. The molecule has 0 aliphatic heterocycles. The van der Waals surface area contributed by atoms with Gasteiger partial charge in [0.1, 0.15) is 0 Å². The van der Waals surface area contributed by atoms with Gasteiger partial charge in [-0.1, -0.05) is 40.9 Å². The largest absolute Gasteiger partial charge is 0.324 e. The van der Waals surface area contributed by atoms with Gasteiger partial charge in [-0.25, -0.2) is 4.79 Å². The zero-order valence-corrected chi connectivity index (χ0v) is 16.0. The molecule has 0 fully saturated rings. The Labute approximate surface area is 165 Å². The average molecular weight is 410 g/mol. The second-order valence-electron chi connectivity index (χ2n) is 5.66. The SMILES string of the molecule is Cc1cc(NC(=O)Nc2ccc(Cl)cc2)nn1Cc1ccc(Cl)c(Cl)c1. The molecule has 1 heterocycles. The van der Waals surface area contributed by atoms with Crippen molar-refractivity contribution in [3.05, 3.63) is 74.9 Å². The number of anilines is 2. The van der Waals surface area contributed by atoms with Crippen LogP contribution in [0.5, 0.6) is 0 Å². The minimum Gasteiger partial charge on any atom is -0.308 e. The lowest BCUT2D eigenvalue weighted by molar-refractivity contribution is 0.262. The molecule has 0 bridgehead atoms. The standard InChI is InChI=1S/C18H15Cl3N4O/c1-11-8-17(23-18(26)22-14-5-3-13(19)4-6-14)24-25(11)10-12-2-7-15(20)16(21)9-12/h2-9H,10H2,1H3,(H2,22,23,24,26). The summed E-state index contributed by atoms with van der Waals surface area (Å²) in [5.41, 5.74) is 2.50. The number of aryl methyl sites for hydroxylation is 1. The Morgan fingerprint density at radius 1 is 1.00 bits per heavy atom. The summed E-state index contributed by atoms with van der Waals surface area (Å²) >= 11 is 17.8. The van der Waals surface area contributed by atoms with Crippen LogP contribution in [-0.2, 0) is 6.54 Å². The molecule has 0 radical (unpaired) electrons. The quantitative estimate of drug-likeness (QED) is 0.568. The van der Waals surface area contributed by atoms with Crippen LogP contribution in [0.4, 0.5) is 16.3 Å². The van der Waals surface area contributed by atoms with Crippen LogP contribution in [-0.4, -0.2) is 15.8 Å². The average Bonchev–Trinajstić information content (AvgIpc) is 2.92. The molecule has 8 heteroatoms. The van der Waals surface area contributed by atoms with Gasteiger partial charge in [-0.05, 0) is 48.9 Å². The lowest BCUT2D eigenvalue weighted by Gasteiger charge is -2.07. The van der Waals surface area contributed by atoms with E-state index < -0.39 is 0 Å². The highest BCUT2D eigenvalue weighted by molar-refractivity contribution is 6.42. The molecule has 2 N–H and O–H groups in total. The number of benzene rings is 2. The fourth-order valence-corrected chi connectivity index (χ4v) is 2.80. The molecule has 26 heavy (non-hydrogen) atoms. The first kappa shape index (κ1) is 18.6. The van der Waals surface area contributed by atoms with E-state index in [1.807, 2.05) is 13.0 Å². The van der Waals surface area contributed by atoms with Crippen molar-refractivity contribution in [3.8, 4) is 0 Å². The molecule has 5 nitrogen and oxygen atoms in total. The molecule has 0 saturated heterocycles. The smallest absolute Gasteiger partial charge is 0.308 e. The van der Waals surface area contributed by atoms with Gasteiger partial charge in [-0.2, -0.15) is 5.10 Å². The summed E-state index contributed by atoms with van der Waals surface area (Å²) in [5.74, 6) is 0.453. The Balaban J connectivity index is 1.66. The van der Waals surface area contributed by atoms with E-state index in [-0.39, 0.29) is 6.03 Å². The summed E-state index contributed by atoms with van der Waals surface area (Å²) in [6.07, 6.45) is 0. The Morgan fingerprint density at radius 2 is 1.73 bits per heavy atom. The number of urea groups is 1. The number of hydrogen-bond acceptors (Lipinski definition) is 2. The van der Waals surface area contributed by atoms with Crippen molar-refractivity contribution < 1.29 is 4.79 Å². The molecule has 0 saturated carbocycles. The summed E-state index contributed by atoms with van der Waals surface area (Å²) in [5, 5.41) is 11.4. The first-order valence-electron chi connectivity index (χ1n) is 7.72. The Morgan fingerprint density at radius 3 is 2.42 bits per heavy atom. The highest BCUT2D eigenvalue weighted by Crippen LogP contribution is 2.23. The Kier molecular flexibility index (Phi) is 5.71. The number of carbonyl (C=O) groups excluding carboxylic acids is 1. The minimum absolute atomic E-state index is 0.383. The number of amides is 2. The van der Waals surface area contributed by atoms with Gasteiger partial charge in [0.05, 0.1) is 16.6 Å². The molecule has 2 aromatic carbocycles. The summed E-state index contributed by atoms with van der Waals surface area (Å²) in [6, 6.07) is 13.7.